The highest BCUT2D eigenvalue weighted by Crippen LogP contribution is 2.29. The zero-order valence-corrected chi connectivity index (χ0v) is 11.9. The maximum Gasteiger partial charge on any atom is 0.252 e. The van der Waals surface area contributed by atoms with Gasteiger partial charge in [0.1, 0.15) is 0 Å². The predicted molar refractivity (Wildman–Crippen MR) is 74.2 cm³/mol. The first-order chi connectivity index (χ1) is 8.56. The molecular weight excluding hydrogens is 246 g/mol. The monoisotopic (exact) mass is 267 g/mol. The van der Waals surface area contributed by atoms with E-state index in [1.54, 1.807) is 11.3 Å². The van der Waals surface area contributed by atoms with Crippen molar-refractivity contribution in [1.29, 1.82) is 0 Å². The molecule has 1 amide bonds. The Morgan fingerprint density at radius 2 is 2.06 bits per heavy atom. The van der Waals surface area contributed by atoms with Gasteiger partial charge in [-0.15, -0.1) is 11.3 Å². The summed E-state index contributed by atoms with van der Waals surface area (Å²) in [5, 5.41) is 12.7. The van der Waals surface area contributed by atoms with Gasteiger partial charge >= 0.3 is 0 Å². The van der Waals surface area contributed by atoms with E-state index in [9.17, 15) is 9.90 Å². The fraction of sp³-hybridized carbons (Fsp3) is 0.643. The van der Waals surface area contributed by atoms with Gasteiger partial charge in [-0.05, 0) is 32.8 Å². The first-order valence-corrected chi connectivity index (χ1v) is 7.38. The van der Waals surface area contributed by atoms with Crippen molar-refractivity contribution in [2.24, 2.45) is 0 Å². The number of hydrogen-bond donors (Lipinski definition) is 2. The van der Waals surface area contributed by atoms with Crippen molar-refractivity contribution in [3.05, 3.63) is 21.4 Å². The Labute approximate surface area is 112 Å². The van der Waals surface area contributed by atoms with Gasteiger partial charge in [-0.3, -0.25) is 4.79 Å². The van der Waals surface area contributed by atoms with Crippen LogP contribution in [0.2, 0.25) is 0 Å². The lowest BCUT2D eigenvalue weighted by Gasteiger charge is -2.36. The van der Waals surface area contributed by atoms with E-state index in [2.05, 4.69) is 5.32 Å². The molecule has 0 spiro atoms. The second-order valence-corrected chi connectivity index (χ2v) is 6.74. The summed E-state index contributed by atoms with van der Waals surface area (Å²) in [7, 11) is 0. The van der Waals surface area contributed by atoms with Gasteiger partial charge in [0.2, 0.25) is 0 Å². The number of aliphatic hydroxyl groups is 1. The highest BCUT2D eigenvalue weighted by molar-refractivity contribution is 7.12. The minimum Gasteiger partial charge on any atom is -0.394 e. The normalized spacial score (nSPS) is 18.6. The molecule has 0 atom stereocenters. The third-order valence-electron chi connectivity index (χ3n) is 3.78. The van der Waals surface area contributed by atoms with Crippen molar-refractivity contribution in [1.82, 2.24) is 5.32 Å². The highest BCUT2D eigenvalue weighted by Gasteiger charge is 2.33. The van der Waals surface area contributed by atoms with Crippen molar-refractivity contribution in [3.63, 3.8) is 0 Å². The van der Waals surface area contributed by atoms with Gasteiger partial charge in [-0.25, -0.2) is 0 Å². The SMILES string of the molecule is Cc1cc(C(=O)NC2(CO)CCCCC2)c(C)s1. The molecule has 1 heterocycles. The third-order valence-corrected chi connectivity index (χ3v) is 4.74. The van der Waals surface area contributed by atoms with Gasteiger partial charge in [0.15, 0.2) is 0 Å². The molecule has 0 saturated heterocycles. The Morgan fingerprint density at radius 3 is 2.56 bits per heavy atom. The minimum atomic E-state index is -0.391. The van der Waals surface area contributed by atoms with E-state index in [0.717, 1.165) is 41.0 Å². The number of amides is 1. The largest absolute Gasteiger partial charge is 0.394 e. The molecule has 100 valence electrons. The van der Waals surface area contributed by atoms with Crippen LogP contribution in [0.3, 0.4) is 0 Å². The molecule has 2 rings (SSSR count). The number of rotatable bonds is 3. The van der Waals surface area contributed by atoms with Gasteiger partial charge in [-0.1, -0.05) is 19.3 Å². The molecule has 0 aliphatic heterocycles. The summed E-state index contributed by atoms with van der Waals surface area (Å²) in [5.41, 5.74) is 0.369. The van der Waals surface area contributed by atoms with Crippen LogP contribution in [-0.2, 0) is 0 Å². The Kier molecular flexibility index (Phi) is 4.07. The van der Waals surface area contributed by atoms with Crippen LogP contribution < -0.4 is 5.32 Å². The Balaban J connectivity index is 2.12. The molecule has 0 radical (unpaired) electrons. The summed E-state index contributed by atoms with van der Waals surface area (Å²) in [6.45, 7) is 4.02. The molecule has 0 bridgehead atoms. The predicted octanol–water partition coefficient (Wildman–Crippen LogP) is 2.79. The Bertz CT molecular complexity index is 433. The minimum absolute atomic E-state index is 0.0344. The molecular formula is C14H21NO2S. The van der Waals surface area contributed by atoms with E-state index >= 15 is 0 Å². The van der Waals surface area contributed by atoms with Gasteiger partial charge in [0, 0.05) is 9.75 Å². The van der Waals surface area contributed by atoms with E-state index in [-0.39, 0.29) is 12.5 Å². The molecule has 1 aromatic rings. The fourth-order valence-corrected chi connectivity index (χ4v) is 3.64. The average Bonchev–Trinajstić information content (AvgIpc) is 2.70. The van der Waals surface area contributed by atoms with Gasteiger partial charge in [-0.2, -0.15) is 0 Å². The number of hydrogen-bond acceptors (Lipinski definition) is 3. The van der Waals surface area contributed by atoms with Crippen LogP contribution in [0.15, 0.2) is 6.07 Å². The number of aryl methyl sites for hydroxylation is 2. The number of thiophene rings is 1. The van der Waals surface area contributed by atoms with Crippen LogP contribution in [0, 0.1) is 13.8 Å². The molecule has 4 heteroatoms. The quantitative estimate of drug-likeness (QED) is 0.884. The van der Waals surface area contributed by atoms with Gasteiger partial charge in [0.25, 0.3) is 5.91 Å². The van der Waals surface area contributed by atoms with Crippen LogP contribution in [0.25, 0.3) is 0 Å². The van der Waals surface area contributed by atoms with Crippen LogP contribution >= 0.6 is 11.3 Å². The molecule has 1 fully saturated rings. The molecule has 1 aromatic heterocycles. The lowest BCUT2D eigenvalue weighted by Crippen LogP contribution is -2.52. The van der Waals surface area contributed by atoms with Crippen molar-refractivity contribution in [2.75, 3.05) is 6.61 Å². The van der Waals surface area contributed by atoms with Crippen molar-refractivity contribution >= 4 is 17.2 Å². The zero-order chi connectivity index (χ0) is 13.2. The van der Waals surface area contributed by atoms with Crippen molar-refractivity contribution < 1.29 is 9.90 Å². The van der Waals surface area contributed by atoms with Gasteiger partial charge < -0.3 is 10.4 Å². The van der Waals surface area contributed by atoms with E-state index in [0.29, 0.717) is 0 Å². The summed E-state index contributed by atoms with van der Waals surface area (Å²) in [5.74, 6) is -0.0344. The van der Waals surface area contributed by atoms with Gasteiger partial charge in [0.05, 0.1) is 17.7 Å². The number of carbonyl (C=O) groups excluding carboxylic acids is 1. The number of carbonyl (C=O) groups is 1. The van der Waals surface area contributed by atoms with E-state index < -0.39 is 5.54 Å². The second-order valence-electron chi connectivity index (χ2n) is 5.28. The van der Waals surface area contributed by atoms with Crippen molar-refractivity contribution in [3.8, 4) is 0 Å². The number of aliphatic hydroxyl groups excluding tert-OH is 1. The summed E-state index contributed by atoms with van der Waals surface area (Å²) in [6.07, 6.45) is 5.15. The summed E-state index contributed by atoms with van der Waals surface area (Å²) in [4.78, 5) is 14.5. The smallest absolute Gasteiger partial charge is 0.252 e. The molecule has 1 aliphatic carbocycles. The molecule has 1 aliphatic rings. The average molecular weight is 267 g/mol. The molecule has 0 unspecified atom stereocenters. The Hall–Kier alpha value is -0.870. The molecule has 3 nitrogen and oxygen atoms in total. The highest BCUT2D eigenvalue weighted by atomic mass is 32.1. The standard InChI is InChI=1S/C14H21NO2S/c1-10-8-12(11(2)18-10)13(17)15-14(9-16)6-4-3-5-7-14/h8,16H,3-7,9H2,1-2H3,(H,15,17). The van der Waals surface area contributed by atoms with Crippen LogP contribution in [0.1, 0.15) is 52.2 Å². The first-order valence-electron chi connectivity index (χ1n) is 6.57. The van der Waals surface area contributed by atoms with Crippen LogP contribution in [-0.4, -0.2) is 23.2 Å². The second kappa shape index (κ2) is 5.41. The maximum atomic E-state index is 12.3. The maximum absolute atomic E-state index is 12.3. The summed E-state index contributed by atoms with van der Waals surface area (Å²) in [6, 6.07) is 1.93. The van der Waals surface area contributed by atoms with E-state index in [4.69, 9.17) is 0 Å². The van der Waals surface area contributed by atoms with Crippen LogP contribution in [0.5, 0.6) is 0 Å². The zero-order valence-electron chi connectivity index (χ0n) is 11.1. The van der Waals surface area contributed by atoms with Crippen LogP contribution in [0.4, 0.5) is 0 Å². The van der Waals surface area contributed by atoms with E-state index in [1.165, 1.54) is 6.42 Å². The lowest BCUT2D eigenvalue weighted by atomic mass is 9.82. The van der Waals surface area contributed by atoms with Crippen molar-refractivity contribution in [2.45, 2.75) is 51.5 Å². The molecule has 2 N–H and O–H groups in total. The first kappa shape index (κ1) is 13.6. The summed E-state index contributed by atoms with van der Waals surface area (Å²) >= 11 is 1.64. The fourth-order valence-electron chi connectivity index (χ4n) is 2.72. The number of nitrogens with one attached hydrogen (secondary N) is 1. The van der Waals surface area contributed by atoms with E-state index in [1.807, 2.05) is 19.9 Å². The topological polar surface area (TPSA) is 49.3 Å². The third kappa shape index (κ3) is 2.75. The Morgan fingerprint density at radius 1 is 1.39 bits per heavy atom. The lowest BCUT2D eigenvalue weighted by molar-refractivity contribution is 0.0758. The summed E-state index contributed by atoms with van der Waals surface area (Å²) < 4.78 is 0. The molecule has 1 saturated carbocycles. The molecule has 18 heavy (non-hydrogen) atoms. The molecule has 0 aromatic carbocycles.